The molecule has 52 valence electrons. The van der Waals surface area contributed by atoms with E-state index in [9.17, 15) is 9.59 Å². The summed E-state index contributed by atoms with van der Waals surface area (Å²) in [6, 6.07) is 0. The highest BCUT2D eigenvalue weighted by Crippen LogP contribution is 2.09. The summed E-state index contributed by atoms with van der Waals surface area (Å²) in [5.74, 6) is -2.69. The summed E-state index contributed by atoms with van der Waals surface area (Å²) in [6.45, 7) is 0. The van der Waals surface area contributed by atoms with Gasteiger partial charge in [0.2, 0.25) is 5.78 Å². The number of carbonyl (C=O) groups is 2. The second kappa shape index (κ2) is 2.47. The first kappa shape index (κ1) is 6.74. The average Bonchev–Trinajstić information content (AvgIpc) is 2.36. The van der Waals surface area contributed by atoms with Crippen molar-refractivity contribution in [1.29, 1.82) is 0 Å². The van der Waals surface area contributed by atoms with Crippen LogP contribution in [0.4, 0.5) is 0 Å². The van der Waals surface area contributed by atoms with Gasteiger partial charge in [-0.05, 0) is 0 Å². The zero-order valence-corrected chi connectivity index (χ0v) is 5.15. The van der Waals surface area contributed by atoms with Gasteiger partial charge in [-0.25, -0.2) is 4.79 Å². The molecule has 0 aliphatic heterocycles. The molecule has 0 saturated heterocycles. The number of hydrogen-bond acceptors (Lipinski definition) is 2. The van der Waals surface area contributed by atoms with E-state index in [4.69, 9.17) is 5.11 Å². The topological polar surface area (TPSA) is 54.4 Å². The normalized spacial score (nSPS) is 16.0. The van der Waals surface area contributed by atoms with E-state index >= 15 is 0 Å². The summed E-state index contributed by atoms with van der Waals surface area (Å²) in [5.41, 5.74) is 0. The third-order valence-electron chi connectivity index (χ3n) is 1.26. The number of Topliss-reactive ketones (excluding diaryl/α,β-unsaturated/α-hetero) is 1. The SMILES string of the molecule is O=C(O)C(=O)C1C=CC=C1. The van der Waals surface area contributed by atoms with Crippen molar-refractivity contribution in [2.45, 2.75) is 0 Å². The Balaban J connectivity index is 2.67. The second-order valence-electron chi connectivity index (χ2n) is 1.96. The molecule has 0 fully saturated rings. The van der Waals surface area contributed by atoms with Crippen LogP contribution in [0, 0.1) is 5.92 Å². The molecule has 3 nitrogen and oxygen atoms in total. The maximum atomic E-state index is 10.6. The third kappa shape index (κ3) is 1.13. The fourth-order valence-electron chi connectivity index (χ4n) is 0.749. The number of carboxylic acids is 1. The van der Waals surface area contributed by atoms with Crippen LogP contribution in [0.1, 0.15) is 0 Å². The first-order valence-electron chi connectivity index (χ1n) is 2.84. The summed E-state index contributed by atoms with van der Waals surface area (Å²) in [4.78, 5) is 20.7. The molecule has 0 aromatic rings. The molecule has 1 N–H and O–H groups in total. The van der Waals surface area contributed by atoms with Gasteiger partial charge in [0.05, 0.1) is 5.92 Å². The summed E-state index contributed by atoms with van der Waals surface area (Å²) >= 11 is 0. The molecule has 0 radical (unpaired) electrons. The summed E-state index contributed by atoms with van der Waals surface area (Å²) in [6.07, 6.45) is 6.42. The lowest BCUT2D eigenvalue weighted by Crippen LogP contribution is -2.19. The van der Waals surface area contributed by atoms with Crippen LogP contribution in [0.15, 0.2) is 24.3 Å². The standard InChI is InChI=1S/C7H6O3/c8-6(7(9)10)5-3-1-2-4-5/h1-5H,(H,9,10). The van der Waals surface area contributed by atoms with Gasteiger partial charge in [-0.3, -0.25) is 4.79 Å². The van der Waals surface area contributed by atoms with Crippen molar-refractivity contribution in [3.8, 4) is 0 Å². The van der Waals surface area contributed by atoms with Crippen molar-refractivity contribution in [3.05, 3.63) is 24.3 Å². The van der Waals surface area contributed by atoms with Crippen LogP contribution in [0.5, 0.6) is 0 Å². The fourth-order valence-corrected chi connectivity index (χ4v) is 0.749. The van der Waals surface area contributed by atoms with Gasteiger partial charge in [-0.1, -0.05) is 24.3 Å². The molecule has 0 amide bonds. The Morgan fingerprint density at radius 2 is 1.70 bits per heavy atom. The van der Waals surface area contributed by atoms with Crippen LogP contribution in [0.3, 0.4) is 0 Å². The molecule has 1 aliphatic carbocycles. The van der Waals surface area contributed by atoms with Crippen molar-refractivity contribution in [2.75, 3.05) is 0 Å². The molecule has 1 aliphatic rings. The van der Waals surface area contributed by atoms with Crippen LogP contribution >= 0.6 is 0 Å². The maximum absolute atomic E-state index is 10.6. The van der Waals surface area contributed by atoms with E-state index in [1.165, 1.54) is 0 Å². The van der Waals surface area contributed by atoms with Crippen LogP contribution in [0.25, 0.3) is 0 Å². The molecule has 3 heteroatoms. The minimum atomic E-state index is -1.37. The van der Waals surface area contributed by atoms with E-state index in [0.29, 0.717) is 0 Å². The summed E-state index contributed by atoms with van der Waals surface area (Å²) in [7, 11) is 0. The van der Waals surface area contributed by atoms with Crippen molar-refractivity contribution in [2.24, 2.45) is 5.92 Å². The summed E-state index contributed by atoms with van der Waals surface area (Å²) < 4.78 is 0. The quantitative estimate of drug-likeness (QED) is 0.561. The van der Waals surface area contributed by atoms with Gasteiger partial charge in [-0.15, -0.1) is 0 Å². The number of ketones is 1. The maximum Gasteiger partial charge on any atom is 0.373 e. The molecule has 0 aromatic carbocycles. The Morgan fingerprint density at radius 1 is 1.20 bits per heavy atom. The largest absolute Gasteiger partial charge is 0.475 e. The Hall–Kier alpha value is -1.38. The van der Waals surface area contributed by atoms with E-state index in [-0.39, 0.29) is 0 Å². The Kier molecular flexibility index (Phi) is 1.67. The Labute approximate surface area is 57.7 Å². The highest BCUT2D eigenvalue weighted by atomic mass is 16.4. The predicted molar refractivity (Wildman–Crippen MR) is 34.4 cm³/mol. The molecule has 0 unspecified atom stereocenters. The van der Waals surface area contributed by atoms with E-state index in [2.05, 4.69) is 0 Å². The number of rotatable bonds is 2. The number of carbonyl (C=O) groups excluding carboxylic acids is 1. The van der Waals surface area contributed by atoms with Gasteiger partial charge >= 0.3 is 5.97 Å². The van der Waals surface area contributed by atoms with Crippen LogP contribution in [-0.4, -0.2) is 16.9 Å². The molecule has 0 bridgehead atoms. The van der Waals surface area contributed by atoms with Crippen LogP contribution < -0.4 is 0 Å². The number of allylic oxidation sites excluding steroid dienone is 4. The van der Waals surface area contributed by atoms with Crippen molar-refractivity contribution in [1.82, 2.24) is 0 Å². The molecular weight excluding hydrogens is 132 g/mol. The van der Waals surface area contributed by atoms with Crippen LogP contribution in [0.2, 0.25) is 0 Å². The first-order valence-corrected chi connectivity index (χ1v) is 2.84. The minimum absolute atomic E-state index is 0.544. The van der Waals surface area contributed by atoms with Gasteiger partial charge in [0.15, 0.2) is 0 Å². The number of hydrogen-bond donors (Lipinski definition) is 1. The Morgan fingerprint density at radius 3 is 2.10 bits per heavy atom. The van der Waals surface area contributed by atoms with E-state index < -0.39 is 17.7 Å². The predicted octanol–water partition coefficient (Wildman–Crippen LogP) is 0.382. The van der Waals surface area contributed by atoms with E-state index in [1.54, 1.807) is 24.3 Å². The van der Waals surface area contributed by atoms with E-state index in [1.807, 2.05) is 0 Å². The lowest BCUT2D eigenvalue weighted by molar-refractivity contribution is -0.149. The second-order valence-corrected chi connectivity index (χ2v) is 1.96. The van der Waals surface area contributed by atoms with Crippen molar-refractivity contribution in [3.63, 3.8) is 0 Å². The van der Waals surface area contributed by atoms with Gasteiger partial charge < -0.3 is 5.11 Å². The average molecular weight is 138 g/mol. The van der Waals surface area contributed by atoms with Gasteiger partial charge in [0.25, 0.3) is 0 Å². The molecule has 0 spiro atoms. The highest BCUT2D eigenvalue weighted by molar-refractivity contribution is 6.34. The molecule has 10 heavy (non-hydrogen) atoms. The molecular formula is C7H6O3. The first-order chi connectivity index (χ1) is 4.72. The molecule has 0 saturated carbocycles. The minimum Gasteiger partial charge on any atom is -0.475 e. The summed E-state index contributed by atoms with van der Waals surface area (Å²) in [5, 5.41) is 8.23. The lowest BCUT2D eigenvalue weighted by atomic mass is 10.1. The molecule has 1 rings (SSSR count). The monoisotopic (exact) mass is 138 g/mol. The molecule has 0 aromatic heterocycles. The van der Waals surface area contributed by atoms with Crippen molar-refractivity contribution >= 4 is 11.8 Å². The molecule has 0 heterocycles. The van der Waals surface area contributed by atoms with Crippen LogP contribution in [-0.2, 0) is 9.59 Å². The highest BCUT2D eigenvalue weighted by Gasteiger charge is 2.20. The Bertz CT molecular complexity index is 213. The third-order valence-corrected chi connectivity index (χ3v) is 1.26. The zero-order chi connectivity index (χ0) is 7.56. The number of aliphatic carboxylic acids is 1. The molecule has 0 atom stereocenters. The van der Waals surface area contributed by atoms with Gasteiger partial charge in [-0.2, -0.15) is 0 Å². The van der Waals surface area contributed by atoms with Gasteiger partial charge in [0.1, 0.15) is 0 Å². The number of carboxylic acid groups (broad SMARTS) is 1. The van der Waals surface area contributed by atoms with Gasteiger partial charge in [0, 0.05) is 0 Å². The fraction of sp³-hybridized carbons (Fsp3) is 0.143. The zero-order valence-electron chi connectivity index (χ0n) is 5.15. The lowest BCUT2D eigenvalue weighted by Gasteiger charge is -1.95. The smallest absolute Gasteiger partial charge is 0.373 e. The van der Waals surface area contributed by atoms with Crippen molar-refractivity contribution < 1.29 is 14.7 Å². The van der Waals surface area contributed by atoms with E-state index in [0.717, 1.165) is 0 Å².